The van der Waals surface area contributed by atoms with Gasteiger partial charge in [-0.2, -0.15) is 0 Å². The molecule has 144 valence electrons. The number of amides is 2. The van der Waals surface area contributed by atoms with Gasteiger partial charge in [-0.1, -0.05) is 30.3 Å². The van der Waals surface area contributed by atoms with Gasteiger partial charge in [0.05, 0.1) is 11.3 Å². The molecule has 11 heteroatoms. The molecule has 3 N–H and O–H groups in total. The molecule has 0 unspecified atom stereocenters. The summed E-state index contributed by atoms with van der Waals surface area (Å²) >= 11 is 5.92. The maximum Gasteiger partial charge on any atom is 0.335 e. The van der Waals surface area contributed by atoms with Crippen LogP contribution in [-0.4, -0.2) is 24.4 Å². The van der Waals surface area contributed by atoms with Crippen molar-refractivity contribution in [2.45, 2.75) is 4.90 Å². The number of H-pyrrole nitrogens is 1. The monoisotopic (exact) mass is 420 g/mol. The number of furan rings is 1. The van der Waals surface area contributed by atoms with Crippen molar-refractivity contribution in [2.24, 2.45) is 0 Å². The number of halogens is 1. The Bertz CT molecular complexity index is 1200. The van der Waals surface area contributed by atoms with Gasteiger partial charge in [-0.05, 0) is 29.8 Å². The lowest BCUT2D eigenvalue weighted by Gasteiger charge is -2.10. The molecule has 2 amide bonds. The van der Waals surface area contributed by atoms with E-state index in [9.17, 15) is 18.0 Å². The van der Waals surface area contributed by atoms with Crippen molar-refractivity contribution in [3.63, 3.8) is 0 Å². The van der Waals surface area contributed by atoms with Crippen molar-refractivity contribution in [3.8, 4) is 11.5 Å². The minimum Gasteiger partial charge on any atom is -0.463 e. The first-order valence-electron chi connectivity index (χ1n) is 7.69. The molecule has 0 spiro atoms. The lowest BCUT2D eigenvalue weighted by Crippen LogP contribution is -2.35. The highest BCUT2D eigenvalue weighted by molar-refractivity contribution is 7.90. The zero-order chi connectivity index (χ0) is 20.3. The molecule has 0 saturated carbocycles. The summed E-state index contributed by atoms with van der Waals surface area (Å²) in [4.78, 5) is 29.9. The molecule has 0 aliphatic heterocycles. The van der Waals surface area contributed by atoms with Gasteiger partial charge in [0.25, 0.3) is 15.6 Å². The molecule has 2 aromatic heterocycles. The van der Waals surface area contributed by atoms with Gasteiger partial charge in [0.2, 0.25) is 5.95 Å². The molecule has 28 heavy (non-hydrogen) atoms. The number of sulfonamides is 1. The number of hydrogen-bond acceptors (Lipinski definition) is 6. The predicted molar refractivity (Wildman–Crippen MR) is 103 cm³/mol. The Morgan fingerprint density at radius 2 is 2.07 bits per heavy atom. The lowest BCUT2D eigenvalue weighted by atomic mass is 10.2. The van der Waals surface area contributed by atoms with Crippen LogP contribution in [-0.2, 0) is 10.0 Å². The molecule has 0 radical (unpaired) electrons. The Labute approximate surface area is 164 Å². The third-order valence-electron chi connectivity index (χ3n) is 3.45. The SMILES string of the molecule is C=Cc1ccc(Cl)c(S(=O)(=O)NC(=O)Nc2nc(-c3ccco3)cc(=O)[nH]2)c1. The van der Waals surface area contributed by atoms with Crippen LogP contribution in [0.3, 0.4) is 0 Å². The second-order valence-electron chi connectivity index (χ2n) is 5.41. The van der Waals surface area contributed by atoms with Crippen LogP contribution in [0.2, 0.25) is 5.02 Å². The molecule has 0 aliphatic carbocycles. The van der Waals surface area contributed by atoms with E-state index in [2.05, 4.69) is 21.9 Å². The van der Waals surface area contributed by atoms with E-state index in [-0.39, 0.29) is 21.6 Å². The first kappa shape index (κ1) is 19.4. The molecule has 0 atom stereocenters. The zero-order valence-corrected chi connectivity index (χ0v) is 15.7. The maximum absolute atomic E-state index is 12.4. The first-order chi connectivity index (χ1) is 13.3. The minimum atomic E-state index is -4.29. The average molecular weight is 421 g/mol. The molecular formula is C17H13ClN4O5S. The number of carbonyl (C=O) groups excluding carboxylic acids is 1. The van der Waals surface area contributed by atoms with E-state index in [1.165, 1.54) is 30.5 Å². The van der Waals surface area contributed by atoms with E-state index in [1.807, 2.05) is 0 Å². The molecule has 2 heterocycles. The van der Waals surface area contributed by atoms with Gasteiger partial charge >= 0.3 is 6.03 Å². The summed E-state index contributed by atoms with van der Waals surface area (Å²) < 4.78 is 31.8. The Hall–Kier alpha value is -3.37. The number of benzene rings is 1. The lowest BCUT2D eigenvalue weighted by molar-refractivity contribution is 0.256. The second kappa shape index (κ2) is 7.71. The summed E-state index contributed by atoms with van der Waals surface area (Å²) in [5.74, 6) is 0.0349. The van der Waals surface area contributed by atoms with Crippen molar-refractivity contribution in [1.82, 2.24) is 14.7 Å². The van der Waals surface area contributed by atoms with E-state index in [1.54, 1.807) is 22.9 Å². The highest BCUT2D eigenvalue weighted by Gasteiger charge is 2.21. The number of aromatic nitrogens is 2. The standard InChI is InChI=1S/C17H13ClN4O5S/c1-2-10-5-6-11(18)14(8-10)28(25,26)22-17(24)21-16-19-12(9-15(23)20-16)13-4-3-7-27-13/h2-9H,1H2,(H3,19,20,21,22,23,24). The van der Waals surface area contributed by atoms with Crippen molar-refractivity contribution in [3.05, 3.63) is 70.2 Å². The minimum absolute atomic E-state index is 0.0720. The largest absolute Gasteiger partial charge is 0.463 e. The van der Waals surface area contributed by atoms with E-state index < -0.39 is 21.6 Å². The number of urea groups is 1. The Morgan fingerprint density at radius 1 is 1.29 bits per heavy atom. The van der Waals surface area contributed by atoms with Crippen molar-refractivity contribution in [1.29, 1.82) is 0 Å². The second-order valence-corrected chi connectivity index (χ2v) is 7.47. The van der Waals surface area contributed by atoms with Crippen LogP contribution >= 0.6 is 11.6 Å². The van der Waals surface area contributed by atoms with E-state index >= 15 is 0 Å². The summed E-state index contributed by atoms with van der Waals surface area (Å²) in [5, 5.41) is 2.09. The van der Waals surface area contributed by atoms with Crippen LogP contribution in [0, 0.1) is 0 Å². The molecule has 0 bridgehead atoms. The summed E-state index contributed by atoms with van der Waals surface area (Å²) in [6.45, 7) is 3.55. The number of aromatic amines is 1. The Kier molecular flexibility index (Phi) is 5.34. The molecule has 9 nitrogen and oxygen atoms in total. The van der Waals surface area contributed by atoms with Crippen LogP contribution < -0.4 is 15.6 Å². The van der Waals surface area contributed by atoms with Crippen LogP contribution in [0.4, 0.5) is 10.7 Å². The summed E-state index contributed by atoms with van der Waals surface area (Å²) in [5.41, 5.74) is 0.0947. The fraction of sp³-hybridized carbons (Fsp3) is 0. The average Bonchev–Trinajstić information content (AvgIpc) is 3.15. The molecular weight excluding hydrogens is 408 g/mol. The maximum atomic E-state index is 12.4. The van der Waals surface area contributed by atoms with Gasteiger partial charge in [0.15, 0.2) is 5.76 Å². The fourth-order valence-corrected chi connectivity index (χ4v) is 3.67. The Morgan fingerprint density at radius 3 is 2.75 bits per heavy atom. The highest BCUT2D eigenvalue weighted by Crippen LogP contribution is 2.23. The molecule has 0 saturated heterocycles. The van der Waals surface area contributed by atoms with Gasteiger partial charge in [-0.25, -0.2) is 22.9 Å². The number of carbonyl (C=O) groups is 1. The summed E-state index contributed by atoms with van der Waals surface area (Å²) in [7, 11) is -4.29. The third kappa shape index (κ3) is 4.30. The number of anilines is 1. The molecule has 3 rings (SSSR count). The van der Waals surface area contributed by atoms with Crippen LogP contribution in [0.1, 0.15) is 5.56 Å². The Balaban J connectivity index is 1.83. The van der Waals surface area contributed by atoms with Crippen LogP contribution in [0.5, 0.6) is 0 Å². The fourth-order valence-electron chi connectivity index (χ4n) is 2.23. The quantitative estimate of drug-likeness (QED) is 0.581. The van der Waals surface area contributed by atoms with Gasteiger partial charge in [0, 0.05) is 6.07 Å². The number of rotatable bonds is 5. The predicted octanol–water partition coefficient (Wildman–Crippen LogP) is 2.84. The van der Waals surface area contributed by atoms with E-state index in [0.29, 0.717) is 11.3 Å². The smallest absolute Gasteiger partial charge is 0.335 e. The van der Waals surface area contributed by atoms with Crippen LogP contribution in [0.15, 0.2) is 63.3 Å². The van der Waals surface area contributed by atoms with Gasteiger partial charge in [-0.15, -0.1) is 0 Å². The summed E-state index contributed by atoms with van der Waals surface area (Å²) in [6, 6.07) is 7.41. The van der Waals surface area contributed by atoms with Gasteiger partial charge < -0.3 is 4.42 Å². The zero-order valence-electron chi connectivity index (χ0n) is 14.1. The van der Waals surface area contributed by atoms with Crippen molar-refractivity contribution in [2.75, 3.05) is 5.32 Å². The van der Waals surface area contributed by atoms with Crippen molar-refractivity contribution >= 4 is 39.7 Å². The molecule has 0 fully saturated rings. The topological polar surface area (TPSA) is 134 Å². The van der Waals surface area contributed by atoms with Gasteiger partial charge in [-0.3, -0.25) is 15.1 Å². The summed E-state index contributed by atoms with van der Waals surface area (Å²) in [6.07, 6.45) is 2.83. The molecule has 1 aromatic carbocycles. The molecule has 3 aromatic rings. The normalized spacial score (nSPS) is 11.0. The highest BCUT2D eigenvalue weighted by atomic mass is 35.5. The number of nitrogens with one attached hydrogen (secondary N) is 3. The van der Waals surface area contributed by atoms with Crippen LogP contribution in [0.25, 0.3) is 17.5 Å². The van der Waals surface area contributed by atoms with Crippen molar-refractivity contribution < 1.29 is 17.6 Å². The number of hydrogen-bond donors (Lipinski definition) is 3. The third-order valence-corrected chi connectivity index (χ3v) is 5.27. The first-order valence-corrected chi connectivity index (χ1v) is 9.55. The molecule has 0 aliphatic rings. The van der Waals surface area contributed by atoms with E-state index in [4.69, 9.17) is 16.0 Å². The van der Waals surface area contributed by atoms with E-state index in [0.717, 1.165) is 0 Å². The van der Waals surface area contributed by atoms with Gasteiger partial charge in [0.1, 0.15) is 10.6 Å². The number of nitrogens with zero attached hydrogens (tertiary/aromatic N) is 1.